The first-order valence-electron chi connectivity index (χ1n) is 3.59. The predicted octanol–water partition coefficient (Wildman–Crippen LogP) is 1.69. The highest BCUT2D eigenvalue weighted by Crippen LogP contribution is 2.33. The van der Waals surface area contributed by atoms with Gasteiger partial charge in [0, 0.05) is 5.56 Å². The van der Waals surface area contributed by atoms with Gasteiger partial charge in [0.2, 0.25) is 0 Å². The predicted molar refractivity (Wildman–Crippen MR) is 47.9 cm³/mol. The van der Waals surface area contributed by atoms with Gasteiger partial charge in [0.05, 0.1) is 0 Å². The van der Waals surface area contributed by atoms with E-state index in [1.807, 2.05) is 19.1 Å². The molecule has 0 aliphatic carbocycles. The van der Waals surface area contributed by atoms with E-state index in [1.165, 1.54) is 0 Å². The Morgan fingerprint density at radius 2 is 2.08 bits per heavy atom. The lowest BCUT2D eigenvalue weighted by molar-refractivity contribution is 0.491. The Labute approximate surface area is 72.1 Å². The van der Waals surface area contributed by atoms with Crippen molar-refractivity contribution in [3.05, 3.63) is 35.4 Å². The maximum absolute atomic E-state index is 10.7. The summed E-state index contributed by atoms with van der Waals surface area (Å²) in [6.45, 7) is 1.87. The molecule has 1 rings (SSSR count). The van der Waals surface area contributed by atoms with Crippen LogP contribution in [-0.2, 0) is 4.57 Å². The Kier molecular flexibility index (Phi) is 2.93. The van der Waals surface area contributed by atoms with Crippen LogP contribution in [0.4, 0.5) is 0 Å². The van der Waals surface area contributed by atoms with Crippen LogP contribution in [0.25, 0.3) is 0 Å². The van der Waals surface area contributed by atoms with Crippen molar-refractivity contribution in [3.63, 3.8) is 0 Å². The lowest BCUT2D eigenvalue weighted by Crippen LogP contribution is -2.06. The Bertz CT molecular complexity index is 301. The molecule has 0 aromatic heterocycles. The first-order chi connectivity index (χ1) is 5.63. The highest BCUT2D eigenvalue weighted by atomic mass is 31.1. The Hall–Kier alpha value is -0.760. The van der Waals surface area contributed by atoms with Crippen LogP contribution >= 0.6 is 8.03 Å². The van der Waals surface area contributed by atoms with Crippen LogP contribution in [0.5, 0.6) is 0 Å². The molecule has 3 nitrogen and oxygen atoms in total. The Balaban J connectivity index is 3.02. The molecule has 2 atom stereocenters. The molecule has 0 spiro atoms. The van der Waals surface area contributed by atoms with Gasteiger partial charge >= 0.3 is 8.03 Å². The molecular formula is C8H11NO2P+. The summed E-state index contributed by atoms with van der Waals surface area (Å²) in [7, 11) is -2.33. The third kappa shape index (κ3) is 1.89. The molecule has 0 bridgehead atoms. The molecule has 4 heteroatoms. The molecule has 0 saturated heterocycles. The second kappa shape index (κ2) is 3.76. The minimum atomic E-state index is -2.33. The molecule has 0 heterocycles. The number of hydrogen-bond donors (Lipinski definition) is 2. The zero-order chi connectivity index (χ0) is 9.14. The third-order valence-electron chi connectivity index (χ3n) is 1.75. The summed E-state index contributed by atoms with van der Waals surface area (Å²) in [6, 6.07) is 7.31. The van der Waals surface area contributed by atoms with Crippen molar-refractivity contribution in [2.24, 2.45) is 5.73 Å². The summed E-state index contributed by atoms with van der Waals surface area (Å²) in [4.78, 5) is 8.78. The second-order valence-electron chi connectivity index (χ2n) is 2.60. The van der Waals surface area contributed by atoms with Gasteiger partial charge in [0.1, 0.15) is 0 Å². The lowest BCUT2D eigenvalue weighted by atomic mass is 10.1. The van der Waals surface area contributed by atoms with Gasteiger partial charge in [-0.25, -0.2) is 0 Å². The van der Waals surface area contributed by atoms with Gasteiger partial charge in [0.15, 0.2) is 0 Å². The quantitative estimate of drug-likeness (QED) is 0.687. The summed E-state index contributed by atoms with van der Waals surface area (Å²) >= 11 is 0. The molecule has 0 aliphatic rings. The number of benzene rings is 1. The van der Waals surface area contributed by atoms with Crippen LogP contribution < -0.4 is 5.73 Å². The topological polar surface area (TPSA) is 63.3 Å². The molecule has 2 unspecified atom stereocenters. The molecule has 0 saturated carbocycles. The summed E-state index contributed by atoms with van der Waals surface area (Å²) in [5.41, 5.74) is 7.19. The van der Waals surface area contributed by atoms with Crippen molar-refractivity contribution in [3.8, 4) is 0 Å². The molecule has 0 radical (unpaired) electrons. The molecule has 12 heavy (non-hydrogen) atoms. The van der Waals surface area contributed by atoms with Crippen LogP contribution in [0, 0.1) is 6.92 Å². The summed E-state index contributed by atoms with van der Waals surface area (Å²) in [5.74, 6) is -0.763. The van der Waals surface area contributed by atoms with Gasteiger partial charge in [-0.1, -0.05) is 24.3 Å². The van der Waals surface area contributed by atoms with E-state index in [0.29, 0.717) is 0 Å². The van der Waals surface area contributed by atoms with Crippen molar-refractivity contribution in [2.75, 3.05) is 0 Å². The van der Waals surface area contributed by atoms with Gasteiger partial charge < -0.3 is 0 Å². The monoisotopic (exact) mass is 184 g/mol. The van der Waals surface area contributed by atoms with Gasteiger partial charge in [-0.05, 0) is 17.1 Å². The minimum Gasteiger partial charge on any atom is -0.281 e. The normalized spacial score (nSPS) is 14.1. The third-order valence-corrected chi connectivity index (χ3v) is 2.50. The fourth-order valence-electron chi connectivity index (χ4n) is 1.04. The van der Waals surface area contributed by atoms with Crippen LogP contribution in [0.2, 0.25) is 0 Å². The van der Waals surface area contributed by atoms with Crippen LogP contribution in [0.3, 0.4) is 0 Å². The summed E-state index contributed by atoms with van der Waals surface area (Å²) < 4.78 is 10.7. The molecular weight excluding hydrogens is 173 g/mol. The average Bonchev–Trinajstić information content (AvgIpc) is 2.04. The molecule has 1 aromatic carbocycles. The van der Waals surface area contributed by atoms with E-state index >= 15 is 0 Å². The molecule has 0 fully saturated rings. The average molecular weight is 184 g/mol. The smallest absolute Gasteiger partial charge is 0.281 e. The standard InChI is InChI=1S/C8H10NO2P/c1-6-4-2-3-5-7(6)8(9)12(10)11/h2-5,8H,9H2,1H3/p+1. The van der Waals surface area contributed by atoms with Gasteiger partial charge in [-0.3, -0.25) is 5.73 Å². The van der Waals surface area contributed by atoms with E-state index in [4.69, 9.17) is 10.6 Å². The van der Waals surface area contributed by atoms with Crippen molar-refractivity contribution in [1.29, 1.82) is 0 Å². The zero-order valence-electron chi connectivity index (χ0n) is 6.77. The van der Waals surface area contributed by atoms with E-state index < -0.39 is 13.8 Å². The first-order valence-corrected chi connectivity index (χ1v) is 4.87. The maximum Gasteiger partial charge on any atom is 0.529 e. The van der Waals surface area contributed by atoms with E-state index in [-0.39, 0.29) is 0 Å². The summed E-state index contributed by atoms with van der Waals surface area (Å²) in [5, 5.41) is 0. The largest absolute Gasteiger partial charge is 0.529 e. The van der Waals surface area contributed by atoms with Gasteiger partial charge in [-0.15, -0.1) is 0 Å². The zero-order valence-corrected chi connectivity index (χ0v) is 7.66. The molecule has 3 N–H and O–H groups in total. The van der Waals surface area contributed by atoms with E-state index in [1.54, 1.807) is 12.1 Å². The van der Waals surface area contributed by atoms with E-state index in [9.17, 15) is 4.57 Å². The fraction of sp³-hybridized carbons (Fsp3) is 0.250. The highest BCUT2D eigenvalue weighted by molar-refractivity contribution is 7.38. The van der Waals surface area contributed by atoms with Crippen molar-refractivity contribution >= 4 is 8.03 Å². The molecule has 0 aliphatic heterocycles. The molecule has 0 amide bonds. The van der Waals surface area contributed by atoms with Gasteiger partial charge in [-0.2, -0.15) is 4.89 Å². The second-order valence-corrected chi connectivity index (χ2v) is 3.77. The van der Waals surface area contributed by atoms with E-state index in [2.05, 4.69) is 0 Å². The van der Waals surface area contributed by atoms with Crippen LogP contribution in [-0.4, -0.2) is 4.89 Å². The number of rotatable bonds is 2. The Morgan fingerprint density at radius 1 is 1.50 bits per heavy atom. The number of aryl methyl sites for hydroxylation is 1. The van der Waals surface area contributed by atoms with Crippen LogP contribution in [0.1, 0.15) is 16.9 Å². The first kappa shape index (κ1) is 9.33. The SMILES string of the molecule is Cc1ccccc1C(N)[P+](=O)O. The lowest BCUT2D eigenvalue weighted by Gasteiger charge is -2.02. The van der Waals surface area contributed by atoms with Crippen molar-refractivity contribution in [1.82, 2.24) is 0 Å². The van der Waals surface area contributed by atoms with Gasteiger partial charge in [0.25, 0.3) is 5.78 Å². The highest BCUT2D eigenvalue weighted by Gasteiger charge is 2.26. The van der Waals surface area contributed by atoms with Crippen molar-refractivity contribution < 1.29 is 9.46 Å². The summed E-state index contributed by atoms with van der Waals surface area (Å²) in [6.07, 6.45) is 0. The van der Waals surface area contributed by atoms with Crippen molar-refractivity contribution in [2.45, 2.75) is 12.7 Å². The maximum atomic E-state index is 10.7. The van der Waals surface area contributed by atoms with Crippen LogP contribution in [0.15, 0.2) is 24.3 Å². The molecule has 64 valence electrons. The van der Waals surface area contributed by atoms with E-state index in [0.717, 1.165) is 11.1 Å². The molecule has 1 aromatic rings. The number of nitrogens with two attached hydrogens (primary N) is 1. The fourth-order valence-corrected chi connectivity index (χ4v) is 1.57. The Morgan fingerprint density at radius 3 is 2.58 bits per heavy atom. The minimum absolute atomic E-state index is 0.737. The number of hydrogen-bond acceptors (Lipinski definition) is 2.